The van der Waals surface area contributed by atoms with Gasteiger partial charge < -0.3 is 10.1 Å². The quantitative estimate of drug-likeness (QED) is 0.857. The zero-order valence-electron chi connectivity index (χ0n) is 9.27. The van der Waals surface area contributed by atoms with E-state index in [1.165, 1.54) is 10.4 Å². The highest BCUT2D eigenvalue weighted by molar-refractivity contribution is 7.10. The molecule has 0 unspecified atom stereocenters. The fourth-order valence-electron chi connectivity index (χ4n) is 1.56. The molecule has 0 fully saturated rings. The number of thiophene rings is 1. The van der Waals surface area contributed by atoms with E-state index in [1.807, 2.05) is 12.1 Å². The maximum atomic E-state index is 5.26. The minimum atomic E-state index is 0.857. The molecule has 1 aromatic carbocycles. The highest BCUT2D eigenvalue weighted by Crippen LogP contribution is 2.23. The van der Waals surface area contributed by atoms with Gasteiger partial charge in [-0.3, -0.25) is 0 Å². The minimum Gasteiger partial charge on any atom is -0.496 e. The zero-order chi connectivity index (χ0) is 11.2. The molecule has 0 saturated heterocycles. The standard InChI is InChI=1S/C13H15NOS/c1-15-12-7-8-16-13(12)10-14-9-11-5-3-2-4-6-11/h2-8,14H,9-10H2,1H3. The topological polar surface area (TPSA) is 21.3 Å². The normalized spacial score (nSPS) is 10.3. The van der Waals surface area contributed by atoms with Crippen molar-refractivity contribution < 1.29 is 4.74 Å². The molecule has 2 rings (SSSR count). The molecule has 0 radical (unpaired) electrons. The van der Waals surface area contributed by atoms with E-state index in [2.05, 4.69) is 35.0 Å². The molecule has 0 aliphatic heterocycles. The second kappa shape index (κ2) is 5.68. The lowest BCUT2D eigenvalue weighted by Crippen LogP contribution is -2.12. The molecule has 16 heavy (non-hydrogen) atoms. The molecule has 0 amide bonds. The Balaban J connectivity index is 1.85. The number of methoxy groups -OCH3 is 1. The molecule has 0 bridgehead atoms. The Kier molecular flexibility index (Phi) is 3.97. The summed E-state index contributed by atoms with van der Waals surface area (Å²) in [4.78, 5) is 1.25. The van der Waals surface area contributed by atoms with Crippen LogP contribution >= 0.6 is 11.3 Å². The molecule has 0 saturated carbocycles. The summed E-state index contributed by atoms with van der Waals surface area (Å²) in [6, 6.07) is 12.4. The van der Waals surface area contributed by atoms with Gasteiger partial charge in [0.25, 0.3) is 0 Å². The molecule has 1 N–H and O–H groups in total. The molecule has 2 aromatic rings. The van der Waals surface area contributed by atoms with Gasteiger partial charge in [-0.2, -0.15) is 0 Å². The Hall–Kier alpha value is -1.32. The summed E-state index contributed by atoms with van der Waals surface area (Å²) in [5.41, 5.74) is 1.30. The van der Waals surface area contributed by atoms with E-state index in [4.69, 9.17) is 4.74 Å². The van der Waals surface area contributed by atoms with Gasteiger partial charge in [-0.05, 0) is 17.0 Å². The average Bonchev–Trinajstić information content (AvgIpc) is 2.78. The van der Waals surface area contributed by atoms with Crippen molar-refractivity contribution in [1.82, 2.24) is 5.32 Å². The van der Waals surface area contributed by atoms with Gasteiger partial charge in [-0.1, -0.05) is 30.3 Å². The molecule has 3 heteroatoms. The molecular weight excluding hydrogens is 218 g/mol. The average molecular weight is 233 g/mol. The smallest absolute Gasteiger partial charge is 0.134 e. The monoisotopic (exact) mass is 233 g/mol. The van der Waals surface area contributed by atoms with Crippen LogP contribution in [0.2, 0.25) is 0 Å². The van der Waals surface area contributed by atoms with E-state index in [0.29, 0.717) is 0 Å². The third-order valence-electron chi connectivity index (χ3n) is 2.38. The van der Waals surface area contributed by atoms with E-state index >= 15 is 0 Å². The van der Waals surface area contributed by atoms with E-state index in [0.717, 1.165) is 18.8 Å². The first-order valence-electron chi connectivity index (χ1n) is 5.25. The van der Waals surface area contributed by atoms with Gasteiger partial charge >= 0.3 is 0 Å². The Morgan fingerprint density at radius 3 is 2.69 bits per heavy atom. The van der Waals surface area contributed by atoms with Gasteiger partial charge in [0.05, 0.1) is 12.0 Å². The SMILES string of the molecule is COc1ccsc1CNCc1ccccc1. The molecule has 0 aliphatic rings. The number of rotatable bonds is 5. The summed E-state index contributed by atoms with van der Waals surface area (Å²) < 4.78 is 5.26. The first kappa shape index (κ1) is 11.2. The van der Waals surface area contributed by atoms with Crippen LogP contribution in [0.3, 0.4) is 0 Å². The number of benzene rings is 1. The van der Waals surface area contributed by atoms with Crippen molar-refractivity contribution in [1.29, 1.82) is 0 Å². The van der Waals surface area contributed by atoms with Gasteiger partial charge in [0, 0.05) is 13.1 Å². The van der Waals surface area contributed by atoms with Crippen LogP contribution in [-0.4, -0.2) is 7.11 Å². The first-order chi connectivity index (χ1) is 7.90. The molecule has 2 nitrogen and oxygen atoms in total. The van der Waals surface area contributed by atoms with E-state index in [-0.39, 0.29) is 0 Å². The summed E-state index contributed by atoms with van der Waals surface area (Å²) in [5.74, 6) is 0.977. The predicted octanol–water partition coefficient (Wildman–Crippen LogP) is 3.05. The molecule has 0 aliphatic carbocycles. The van der Waals surface area contributed by atoms with Crippen LogP contribution in [0.4, 0.5) is 0 Å². The highest BCUT2D eigenvalue weighted by atomic mass is 32.1. The summed E-state index contributed by atoms with van der Waals surface area (Å²) >= 11 is 1.72. The zero-order valence-corrected chi connectivity index (χ0v) is 10.1. The fourth-order valence-corrected chi connectivity index (χ4v) is 2.36. The second-order valence-corrected chi connectivity index (χ2v) is 4.50. The van der Waals surface area contributed by atoms with Gasteiger partial charge in [-0.25, -0.2) is 0 Å². The number of nitrogens with one attached hydrogen (secondary N) is 1. The fraction of sp³-hybridized carbons (Fsp3) is 0.231. The van der Waals surface area contributed by atoms with Crippen molar-refractivity contribution in [3.05, 3.63) is 52.2 Å². The third kappa shape index (κ3) is 2.84. The van der Waals surface area contributed by atoms with Crippen molar-refractivity contribution in [2.45, 2.75) is 13.1 Å². The second-order valence-electron chi connectivity index (χ2n) is 3.50. The van der Waals surface area contributed by atoms with Crippen LogP contribution in [0.15, 0.2) is 41.8 Å². The van der Waals surface area contributed by atoms with Gasteiger partial charge in [0.15, 0.2) is 0 Å². The summed E-state index contributed by atoms with van der Waals surface area (Å²) in [5, 5.41) is 5.46. The maximum Gasteiger partial charge on any atom is 0.134 e. The lowest BCUT2D eigenvalue weighted by molar-refractivity contribution is 0.410. The van der Waals surface area contributed by atoms with Crippen LogP contribution in [0.25, 0.3) is 0 Å². The van der Waals surface area contributed by atoms with E-state index in [9.17, 15) is 0 Å². The molecule has 1 aromatic heterocycles. The maximum absolute atomic E-state index is 5.26. The van der Waals surface area contributed by atoms with Crippen molar-refractivity contribution in [3.63, 3.8) is 0 Å². The van der Waals surface area contributed by atoms with Crippen LogP contribution in [0.5, 0.6) is 5.75 Å². The number of hydrogen-bond acceptors (Lipinski definition) is 3. The molecule has 84 valence electrons. The van der Waals surface area contributed by atoms with E-state index < -0.39 is 0 Å². The van der Waals surface area contributed by atoms with Crippen molar-refractivity contribution >= 4 is 11.3 Å². The third-order valence-corrected chi connectivity index (χ3v) is 3.28. The lowest BCUT2D eigenvalue weighted by atomic mass is 10.2. The van der Waals surface area contributed by atoms with E-state index in [1.54, 1.807) is 18.4 Å². The summed E-state index contributed by atoms with van der Waals surface area (Å²) in [6.07, 6.45) is 0. The molecular formula is C13H15NOS. The van der Waals surface area contributed by atoms with Crippen LogP contribution in [-0.2, 0) is 13.1 Å². The Bertz CT molecular complexity index is 425. The molecule has 0 atom stereocenters. The number of hydrogen-bond donors (Lipinski definition) is 1. The van der Waals surface area contributed by atoms with Crippen LogP contribution < -0.4 is 10.1 Å². The highest BCUT2D eigenvalue weighted by Gasteiger charge is 2.02. The Morgan fingerprint density at radius 1 is 1.12 bits per heavy atom. The largest absolute Gasteiger partial charge is 0.496 e. The van der Waals surface area contributed by atoms with Gasteiger partial charge in [0.2, 0.25) is 0 Å². The van der Waals surface area contributed by atoms with Gasteiger partial charge in [0.1, 0.15) is 5.75 Å². The van der Waals surface area contributed by atoms with Crippen molar-refractivity contribution in [2.75, 3.05) is 7.11 Å². The summed E-state index contributed by atoms with van der Waals surface area (Å²) in [7, 11) is 1.71. The predicted molar refractivity (Wildman–Crippen MR) is 67.9 cm³/mol. The lowest BCUT2D eigenvalue weighted by Gasteiger charge is -2.05. The molecule has 0 spiro atoms. The Morgan fingerprint density at radius 2 is 1.94 bits per heavy atom. The number of ether oxygens (including phenoxy) is 1. The molecule has 1 heterocycles. The minimum absolute atomic E-state index is 0.857. The first-order valence-corrected chi connectivity index (χ1v) is 6.13. The van der Waals surface area contributed by atoms with Crippen molar-refractivity contribution in [2.24, 2.45) is 0 Å². The van der Waals surface area contributed by atoms with Gasteiger partial charge in [-0.15, -0.1) is 11.3 Å². The van der Waals surface area contributed by atoms with Crippen LogP contribution in [0, 0.1) is 0 Å². The Labute approximate surface area is 99.9 Å². The van der Waals surface area contributed by atoms with Crippen molar-refractivity contribution in [3.8, 4) is 5.75 Å². The summed E-state index contributed by atoms with van der Waals surface area (Å²) in [6.45, 7) is 1.75. The van der Waals surface area contributed by atoms with Crippen LogP contribution in [0.1, 0.15) is 10.4 Å².